The molecule has 25 heavy (non-hydrogen) atoms. The number of anilines is 1. The van der Waals surface area contributed by atoms with Gasteiger partial charge >= 0.3 is 0 Å². The van der Waals surface area contributed by atoms with Crippen LogP contribution in [0, 0.1) is 0 Å². The van der Waals surface area contributed by atoms with Crippen molar-refractivity contribution in [1.29, 1.82) is 0 Å². The molecule has 0 unspecified atom stereocenters. The van der Waals surface area contributed by atoms with Gasteiger partial charge in [0.25, 0.3) is 0 Å². The zero-order valence-electron chi connectivity index (χ0n) is 15.4. The van der Waals surface area contributed by atoms with Gasteiger partial charge in [0.1, 0.15) is 5.82 Å². The van der Waals surface area contributed by atoms with Gasteiger partial charge in [0.05, 0.1) is 6.54 Å². The molecule has 1 aliphatic heterocycles. The van der Waals surface area contributed by atoms with Crippen molar-refractivity contribution in [2.75, 3.05) is 24.5 Å². The normalized spacial score (nSPS) is 19.1. The number of nitrogens with one attached hydrogen (secondary N) is 2. The van der Waals surface area contributed by atoms with Crippen molar-refractivity contribution in [3.8, 4) is 0 Å². The first-order valence-corrected chi connectivity index (χ1v) is 9.75. The lowest BCUT2D eigenvalue weighted by Crippen LogP contribution is -2.42. The molecule has 3 rings (SSSR count). The van der Waals surface area contributed by atoms with E-state index < -0.39 is 0 Å². The van der Waals surface area contributed by atoms with E-state index in [-0.39, 0.29) is 0 Å². The molecule has 5 heteroatoms. The number of rotatable bonds is 5. The smallest absolute Gasteiger partial charge is 0.191 e. The topological polar surface area (TPSA) is 52.6 Å². The quantitative estimate of drug-likeness (QED) is 0.490. The molecule has 0 bridgehead atoms. The van der Waals surface area contributed by atoms with E-state index in [0.717, 1.165) is 44.3 Å². The van der Waals surface area contributed by atoms with Crippen LogP contribution in [-0.2, 0) is 6.54 Å². The van der Waals surface area contributed by atoms with Gasteiger partial charge in [0, 0.05) is 31.9 Å². The maximum Gasteiger partial charge on any atom is 0.191 e. The molecular formula is C20H31N5. The van der Waals surface area contributed by atoms with Gasteiger partial charge in [-0.2, -0.15) is 0 Å². The molecule has 0 radical (unpaired) electrons. The summed E-state index contributed by atoms with van der Waals surface area (Å²) in [4.78, 5) is 11.8. The first kappa shape index (κ1) is 17.8. The summed E-state index contributed by atoms with van der Waals surface area (Å²) in [6, 6.07) is 4.75. The first-order valence-electron chi connectivity index (χ1n) is 9.75. The molecule has 1 aliphatic carbocycles. The fourth-order valence-corrected chi connectivity index (χ4v) is 3.45. The van der Waals surface area contributed by atoms with Crippen molar-refractivity contribution in [3.05, 3.63) is 36.0 Å². The van der Waals surface area contributed by atoms with Gasteiger partial charge in [-0.15, -0.1) is 0 Å². The van der Waals surface area contributed by atoms with Crippen molar-refractivity contribution >= 4 is 11.8 Å². The highest BCUT2D eigenvalue weighted by molar-refractivity contribution is 5.80. The Morgan fingerprint density at radius 1 is 1.20 bits per heavy atom. The van der Waals surface area contributed by atoms with Gasteiger partial charge in [-0.25, -0.2) is 9.98 Å². The van der Waals surface area contributed by atoms with Crippen molar-refractivity contribution in [2.45, 2.75) is 58.0 Å². The van der Waals surface area contributed by atoms with Gasteiger partial charge in [-0.05, 0) is 50.3 Å². The number of aliphatic imine (C=N–C) groups is 1. The Bertz CT molecular complexity index is 580. The average molecular weight is 342 g/mol. The molecule has 2 heterocycles. The fourth-order valence-electron chi connectivity index (χ4n) is 3.45. The van der Waals surface area contributed by atoms with Crippen LogP contribution in [0.1, 0.15) is 51.0 Å². The zero-order chi connectivity index (χ0) is 17.3. The maximum absolute atomic E-state index is 4.77. The van der Waals surface area contributed by atoms with E-state index in [2.05, 4.69) is 51.7 Å². The standard InChI is InChI=1S/C20H31N5/c1-2-21-20(24-18-9-5-6-10-18)23-16-17-11-12-22-19(15-17)25-13-7-3-4-8-14-25/h5-6,11-12,15,18H,2-4,7-10,13-14,16H2,1H3,(H2,21,23,24). The first-order chi connectivity index (χ1) is 12.3. The summed E-state index contributed by atoms with van der Waals surface area (Å²) in [7, 11) is 0. The lowest BCUT2D eigenvalue weighted by atomic mass is 10.2. The van der Waals surface area contributed by atoms with E-state index in [1.807, 2.05) is 6.20 Å². The highest BCUT2D eigenvalue weighted by Crippen LogP contribution is 2.18. The summed E-state index contributed by atoms with van der Waals surface area (Å²) >= 11 is 0. The van der Waals surface area contributed by atoms with E-state index in [1.54, 1.807) is 0 Å². The second-order valence-corrected chi connectivity index (χ2v) is 6.90. The molecule has 1 saturated heterocycles. The van der Waals surface area contributed by atoms with Crippen LogP contribution in [0.15, 0.2) is 35.5 Å². The second-order valence-electron chi connectivity index (χ2n) is 6.90. The van der Waals surface area contributed by atoms with E-state index >= 15 is 0 Å². The van der Waals surface area contributed by atoms with Gasteiger partial charge < -0.3 is 15.5 Å². The van der Waals surface area contributed by atoms with Gasteiger partial charge in [0.15, 0.2) is 5.96 Å². The van der Waals surface area contributed by atoms with Crippen LogP contribution in [0.25, 0.3) is 0 Å². The average Bonchev–Trinajstić information content (AvgIpc) is 2.99. The van der Waals surface area contributed by atoms with Crippen LogP contribution < -0.4 is 15.5 Å². The summed E-state index contributed by atoms with van der Waals surface area (Å²) in [5.41, 5.74) is 1.22. The third-order valence-corrected chi connectivity index (χ3v) is 4.85. The summed E-state index contributed by atoms with van der Waals surface area (Å²) in [5, 5.41) is 6.87. The maximum atomic E-state index is 4.77. The molecule has 0 aromatic carbocycles. The Hall–Kier alpha value is -2.04. The molecule has 1 aromatic rings. The Morgan fingerprint density at radius 2 is 1.96 bits per heavy atom. The number of hydrogen-bond donors (Lipinski definition) is 2. The molecule has 136 valence electrons. The summed E-state index contributed by atoms with van der Waals surface area (Å²) in [6.07, 6.45) is 13.8. The van der Waals surface area contributed by atoms with Crippen LogP contribution in [0.2, 0.25) is 0 Å². The summed E-state index contributed by atoms with van der Waals surface area (Å²) < 4.78 is 0. The van der Waals surface area contributed by atoms with Crippen molar-refractivity contribution < 1.29 is 0 Å². The molecule has 0 atom stereocenters. The molecule has 1 aromatic heterocycles. The number of pyridine rings is 1. The van der Waals surface area contributed by atoms with Gasteiger partial charge in [-0.1, -0.05) is 25.0 Å². The lowest BCUT2D eigenvalue weighted by molar-refractivity contribution is 0.633. The molecule has 0 spiro atoms. The largest absolute Gasteiger partial charge is 0.357 e. The molecule has 1 fully saturated rings. The molecule has 2 N–H and O–H groups in total. The monoisotopic (exact) mass is 341 g/mol. The Kier molecular flexibility index (Phi) is 6.71. The minimum atomic E-state index is 0.475. The summed E-state index contributed by atoms with van der Waals surface area (Å²) in [6.45, 7) is 5.91. The van der Waals surface area contributed by atoms with Gasteiger partial charge in [-0.3, -0.25) is 0 Å². The molecular weight excluding hydrogens is 310 g/mol. The lowest BCUT2D eigenvalue weighted by Gasteiger charge is -2.21. The predicted octanol–water partition coefficient (Wildman–Crippen LogP) is 3.24. The van der Waals surface area contributed by atoms with Gasteiger partial charge in [0.2, 0.25) is 0 Å². The number of aromatic nitrogens is 1. The zero-order valence-corrected chi connectivity index (χ0v) is 15.4. The SMILES string of the molecule is CCNC(=NCc1ccnc(N2CCCCCC2)c1)NC1CC=CC1. The van der Waals surface area contributed by atoms with E-state index in [0.29, 0.717) is 12.6 Å². The van der Waals surface area contributed by atoms with Crippen LogP contribution in [-0.4, -0.2) is 36.6 Å². The second kappa shape index (κ2) is 9.44. The van der Waals surface area contributed by atoms with E-state index in [4.69, 9.17) is 4.99 Å². The molecule has 0 saturated carbocycles. The number of nitrogens with zero attached hydrogens (tertiary/aromatic N) is 3. The fraction of sp³-hybridized carbons (Fsp3) is 0.600. The Morgan fingerprint density at radius 3 is 2.68 bits per heavy atom. The minimum Gasteiger partial charge on any atom is -0.357 e. The highest BCUT2D eigenvalue weighted by atomic mass is 15.2. The van der Waals surface area contributed by atoms with Crippen molar-refractivity contribution in [3.63, 3.8) is 0 Å². The number of guanidine groups is 1. The van der Waals surface area contributed by atoms with Crippen LogP contribution in [0.5, 0.6) is 0 Å². The Balaban J connectivity index is 1.62. The van der Waals surface area contributed by atoms with Crippen molar-refractivity contribution in [1.82, 2.24) is 15.6 Å². The highest BCUT2D eigenvalue weighted by Gasteiger charge is 2.13. The molecule has 2 aliphatic rings. The van der Waals surface area contributed by atoms with Crippen molar-refractivity contribution in [2.24, 2.45) is 4.99 Å². The summed E-state index contributed by atoms with van der Waals surface area (Å²) in [5.74, 6) is 2.01. The van der Waals surface area contributed by atoms with E-state index in [9.17, 15) is 0 Å². The van der Waals surface area contributed by atoms with Crippen LogP contribution in [0.3, 0.4) is 0 Å². The molecule has 5 nitrogen and oxygen atoms in total. The van der Waals surface area contributed by atoms with Crippen LogP contribution >= 0.6 is 0 Å². The minimum absolute atomic E-state index is 0.475. The van der Waals surface area contributed by atoms with Crippen LogP contribution in [0.4, 0.5) is 5.82 Å². The Labute approximate surface area is 151 Å². The third-order valence-electron chi connectivity index (χ3n) is 4.85. The molecule has 0 amide bonds. The number of hydrogen-bond acceptors (Lipinski definition) is 3. The third kappa shape index (κ3) is 5.48. The predicted molar refractivity (Wildman–Crippen MR) is 105 cm³/mol. The van der Waals surface area contributed by atoms with E-state index in [1.165, 1.54) is 31.2 Å².